The first-order valence-electron chi connectivity index (χ1n) is 9.65. The van der Waals surface area contributed by atoms with Crippen molar-refractivity contribution in [2.24, 2.45) is 0 Å². The molecule has 154 valence electrons. The quantitative estimate of drug-likeness (QED) is 0.363. The summed E-state index contributed by atoms with van der Waals surface area (Å²) >= 11 is 7.62. The summed E-state index contributed by atoms with van der Waals surface area (Å²) in [5, 5.41) is 5.20. The lowest BCUT2D eigenvalue weighted by Crippen LogP contribution is -2.21. The molecule has 3 aromatic heterocycles. The molecule has 0 saturated carbocycles. The van der Waals surface area contributed by atoms with Crippen molar-refractivity contribution in [2.75, 3.05) is 0 Å². The van der Waals surface area contributed by atoms with Gasteiger partial charge in [-0.3, -0.25) is 9.36 Å². The number of rotatable bonds is 4. The minimum Gasteiger partial charge on any atom is -0.333 e. The van der Waals surface area contributed by atoms with Gasteiger partial charge in [-0.1, -0.05) is 53.2 Å². The van der Waals surface area contributed by atoms with Gasteiger partial charge in [0.25, 0.3) is 11.4 Å². The maximum absolute atomic E-state index is 13.2. The molecule has 0 aliphatic heterocycles. The number of thiophene rings is 1. The highest BCUT2D eigenvalue weighted by Crippen LogP contribution is 2.36. The SMILES string of the molecule is Cc1ccccc1Cn1cnc2sc(-c3nc(-c4ccccc4Cl)no3)c(C)c2c1=O. The normalized spacial score (nSPS) is 11.3. The van der Waals surface area contributed by atoms with Crippen LogP contribution >= 0.6 is 22.9 Å². The zero-order valence-corrected chi connectivity index (χ0v) is 18.4. The van der Waals surface area contributed by atoms with Gasteiger partial charge in [0.15, 0.2) is 0 Å². The summed E-state index contributed by atoms with van der Waals surface area (Å²) in [5.41, 5.74) is 3.61. The van der Waals surface area contributed by atoms with E-state index in [-0.39, 0.29) is 5.56 Å². The van der Waals surface area contributed by atoms with Crippen LogP contribution in [-0.2, 0) is 6.54 Å². The van der Waals surface area contributed by atoms with Crippen molar-refractivity contribution in [3.05, 3.63) is 86.9 Å². The number of nitrogens with zero attached hydrogens (tertiary/aromatic N) is 4. The molecule has 0 aliphatic rings. The second-order valence-corrected chi connectivity index (χ2v) is 8.65. The standard InChI is InChI=1S/C23H17ClN4O2S/c1-13-7-3-4-8-15(13)11-28-12-25-22-18(23(28)29)14(2)19(31-22)21-26-20(27-30-21)16-9-5-6-10-17(16)24/h3-10,12H,11H2,1-2H3. The van der Waals surface area contributed by atoms with Gasteiger partial charge in [0.05, 0.1) is 28.2 Å². The van der Waals surface area contributed by atoms with Gasteiger partial charge in [0, 0.05) is 5.56 Å². The third-order valence-electron chi connectivity index (χ3n) is 5.25. The van der Waals surface area contributed by atoms with Crippen LogP contribution in [0.3, 0.4) is 0 Å². The maximum atomic E-state index is 13.2. The lowest BCUT2D eigenvalue weighted by atomic mass is 10.1. The van der Waals surface area contributed by atoms with Crippen LogP contribution < -0.4 is 5.56 Å². The number of halogens is 1. The molecule has 5 rings (SSSR count). The van der Waals surface area contributed by atoms with Gasteiger partial charge < -0.3 is 4.52 Å². The minimum absolute atomic E-state index is 0.0842. The predicted molar refractivity (Wildman–Crippen MR) is 123 cm³/mol. The molecule has 0 unspecified atom stereocenters. The fourth-order valence-corrected chi connectivity index (χ4v) is 4.80. The van der Waals surface area contributed by atoms with Crippen molar-refractivity contribution in [2.45, 2.75) is 20.4 Å². The number of benzene rings is 2. The summed E-state index contributed by atoms with van der Waals surface area (Å²) in [5.74, 6) is 0.752. The molecule has 0 spiro atoms. The van der Waals surface area contributed by atoms with Gasteiger partial charge in [0.2, 0.25) is 5.82 Å². The van der Waals surface area contributed by atoms with Crippen molar-refractivity contribution in [3.8, 4) is 22.2 Å². The van der Waals surface area contributed by atoms with Crippen molar-refractivity contribution >= 4 is 33.2 Å². The molecule has 0 fully saturated rings. The third-order valence-corrected chi connectivity index (χ3v) is 6.77. The van der Waals surface area contributed by atoms with Crippen LogP contribution in [0.25, 0.3) is 32.4 Å². The van der Waals surface area contributed by atoms with Crippen LogP contribution in [0.1, 0.15) is 16.7 Å². The topological polar surface area (TPSA) is 73.8 Å². The molecule has 6 nitrogen and oxygen atoms in total. The molecule has 0 aliphatic carbocycles. The fourth-order valence-electron chi connectivity index (χ4n) is 3.51. The molecule has 0 radical (unpaired) electrons. The molecule has 5 aromatic rings. The predicted octanol–water partition coefficient (Wildman–Crippen LogP) is 5.49. The second-order valence-electron chi connectivity index (χ2n) is 7.24. The lowest BCUT2D eigenvalue weighted by molar-refractivity contribution is 0.433. The van der Waals surface area contributed by atoms with Crippen molar-refractivity contribution in [3.63, 3.8) is 0 Å². The van der Waals surface area contributed by atoms with Crippen LogP contribution in [0.5, 0.6) is 0 Å². The first-order valence-corrected chi connectivity index (χ1v) is 10.8. The van der Waals surface area contributed by atoms with Gasteiger partial charge in [-0.25, -0.2) is 4.98 Å². The molecule has 8 heteroatoms. The van der Waals surface area contributed by atoms with Gasteiger partial charge in [-0.15, -0.1) is 11.3 Å². The molecule has 0 saturated heterocycles. The molecule has 0 N–H and O–H groups in total. The Morgan fingerprint density at radius 1 is 1.10 bits per heavy atom. The van der Waals surface area contributed by atoms with E-state index in [1.165, 1.54) is 11.3 Å². The van der Waals surface area contributed by atoms with Crippen LogP contribution in [0, 0.1) is 13.8 Å². The van der Waals surface area contributed by atoms with Crippen LogP contribution in [0.15, 0.2) is 64.2 Å². The third kappa shape index (κ3) is 3.45. The summed E-state index contributed by atoms with van der Waals surface area (Å²) in [6.07, 6.45) is 1.60. The number of fused-ring (bicyclic) bond motifs is 1. The Bertz CT molecular complexity index is 1480. The largest absolute Gasteiger partial charge is 0.333 e. The van der Waals surface area contributed by atoms with Crippen molar-refractivity contribution in [1.29, 1.82) is 0 Å². The molecule has 3 heterocycles. The molecule has 0 atom stereocenters. The number of aryl methyl sites for hydroxylation is 2. The van der Waals surface area contributed by atoms with Crippen LogP contribution in [0.4, 0.5) is 0 Å². The number of hydrogen-bond donors (Lipinski definition) is 0. The summed E-state index contributed by atoms with van der Waals surface area (Å²) in [6, 6.07) is 15.3. The number of aromatic nitrogens is 4. The summed E-state index contributed by atoms with van der Waals surface area (Å²) in [6.45, 7) is 4.39. The Labute approximate surface area is 186 Å². The first-order chi connectivity index (χ1) is 15.0. The summed E-state index contributed by atoms with van der Waals surface area (Å²) < 4.78 is 7.14. The van der Waals surface area contributed by atoms with E-state index in [4.69, 9.17) is 16.1 Å². The average molecular weight is 449 g/mol. The Morgan fingerprint density at radius 2 is 1.87 bits per heavy atom. The lowest BCUT2D eigenvalue weighted by Gasteiger charge is -2.08. The van der Waals surface area contributed by atoms with Gasteiger partial charge in [-0.2, -0.15) is 4.98 Å². The summed E-state index contributed by atoms with van der Waals surface area (Å²) in [4.78, 5) is 23.6. The van der Waals surface area contributed by atoms with E-state index in [0.717, 1.165) is 21.6 Å². The van der Waals surface area contributed by atoms with Gasteiger partial charge in [0.1, 0.15) is 4.83 Å². The highest BCUT2D eigenvalue weighted by Gasteiger charge is 2.21. The monoisotopic (exact) mass is 448 g/mol. The first kappa shape index (κ1) is 19.7. The van der Waals surface area contributed by atoms with Gasteiger partial charge in [-0.05, 0) is 42.7 Å². The van der Waals surface area contributed by atoms with Gasteiger partial charge >= 0.3 is 0 Å². The van der Waals surface area contributed by atoms with E-state index < -0.39 is 0 Å². The van der Waals surface area contributed by atoms with E-state index in [1.807, 2.05) is 56.3 Å². The second kappa shape index (κ2) is 7.76. The molecular weight excluding hydrogens is 432 g/mol. The van der Waals surface area contributed by atoms with E-state index in [2.05, 4.69) is 15.1 Å². The molecular formula is C23H17ClN4O2S. The van der Waals surface area contributed by atoms with Crippen LogP contribution in [0.2, 0.25) is 5.02 Å². The zero-order valence-electron chi connectivity index (χ0n) is 16.8. The Kier molecular flexibility index (Phi) is 4.92. The molecule has 31 heavy (non-hydrogen) atoms. The fraction of sp³-hybridized carbons (Fsp3) is 0.130. The van der Waals surface area contributed by atoms with Crippen LogP contribution in [-0.4, -0.2) is 19.7 Å². The molecule has 0 amide bonds. The van der Waals surface area contributed by atoms with Crippen molar-refractivity contribution < 1.29 is 4.52 Å². The average Bonchev–Trinajstić information content (AvgIpc) is 3.37. The van der Waals surface area contributed by atoms with E-state index in [9.17, 15) is 4.79 Å². The molecule has 2 aromatic carbocycles. The zero-order chi connectivity index (χ0) is 21.5. The highest BCUT2D eigenvalue weighted by atomic mass is 35.5. The minimum atomic E-state index is -0.0842. The Balaban J connectivity index is 1.57. The maximum Gasteiger partial charge on any atom is 0.268 e. The highest BCUT2D eigenvalue weighted by molar-refractivity contribution is 7.22. The van der Waals surface area contributed by atoms with E-state index in [1.54, 1.807) is 17.0 Å². The van der Waals surface area contributed by atoms with E-state index >= 15 is 0 Å². The summed E-state index contributed by atoms with van der Waals surface area (Å²) in [7, 11) is 0. The Hall–Kier alpha value is -3.29. The smallest absolute Gasteiger partial charge is 0.268 e. The Morgan fingerprint density at radius 3 is 2.68 bits per heavy atom. The van der Waals surface area contributed by atoms with E-state index in [0.29, 0.717) is 39.1 Å². The van der Waals surface area contributed by atoms with Crippen molar-refractivity contribution in [1.82, 2.24) is 19.7 Å². The molecule has 0 bridgehead atoms. The number of hydrogen-bond acceptors (Lipinski definition) is 6.